The first-order chi connectivity index (χ1) is 10.1. The molecule has 2 rings (SSSR count). The Bertz CT molecular complexity index is 626. The molecule has 0 bridgehead atoms. The molecule has 1 atom stereocenters. The molecule has 0 saturated carbocycles. The van der Waals surface area contributed by atoms with Crippen LogP contribution in [0.25, 0.3) is 0 Å². The summed E-state index contributed by atoms with van der Waals surface area (Å²) in [5.74, 6) is 7.36. The third kappa shape index (κ3) is 3.17. The average molecular weight is 286 g/mol. The minimum absolute atomic E-state index is 0.157. The van der Waals surface area contributed by atoms with E-state index in [0.717, 1.165) is 22.6 Å². The van der Waals surface area contributed by atoms with Crippen LogP contribution in [-0.2, 0) is 0 Å². The second kappa shape index (κ2) is 6.61. The van der Waals surface area contributed by atoms with Gasteiger partial charge < -0.3 is 9.47 Å². The van der Waals surface area contributed by atoms with Gasteiger partial charge in [0, 0.05) is 5.56 Å². The van der Waals surface area contributed by atoms with Crippen molar-refractivity contribution in [2.75, 3.05) is 14.2 Å². The minimum Gasteiger partial charge on any atom is -0.497 e. The van der Waals surface area contributed by atoms with Crippen LogP contribution in [0.15, 0.2) is 36.4 Å². The summed E-state index contributed by atoms with van der Waals surface area (Å²) in [6, 6.07) is 11.9. The second-order valence-electron chi connectivity index (χ2n) is 5.07. The highest BCUT2D eigenvalue weighted by Crippen LogP contribution is 2.34. The predicted molar refractivity (Wildman–Crippen MR) is 84.6 cm³/mol. The molecule has 4 heteroatoms. The largest absolute Gasteiger partial charge is 0.497 e. The number of nitrogens with one attached hydrogen (secondary N) is 1. The van der Waals surface area contributed by atoms with Crippen molar-refractivity contribution in [3.05, 3.63) is 58.7 Å². The van der Waals surface area contributed by atoms with E-state index in [2.05, 4.69) is 37.5 Å². The van der Waals surface area contributed by atoms with Gasteiger partial charge in [0.25, 0.3) is 0 Å². The van der Waals surface area contributed by atoms with Gasteiger partial charge in [0.1, 0.15) is 11.5 Å². The van der Waals surface area contributed by atoms with E-state index in [1.54, 1.807) is 14.2 Å². The Labute approximate surface area is 125 Å². The first kappa shape index (κ1) is 15.4. The average Bonchev–Trinajstić information content (AvgIpc) is 2.49. The van der Waals surface area contributed by atoms with Gasteiger partial charge in [0.05, 0.1) is 20.3 Å². The molecule has 2 aromatic rings. The molecule has 0 aliphatic rings. The number of ether oxygens (including phenoxy) is 2. The molecule has 0 amide bonds. The normalized spacial score (nSPS) is 12.0. The maximum absolute atomic E-state index is 5.81. The van der Waals surface area contributed by atoms with E-state index in [1.165, 1.54) is 11.1 Å². The zero-order chi connectivity index (χ0) is 15.4. The Morgan fingerprint density at radius 3 is 2.29 bits per heavy atom. The molecule has 2 aromatic carbocycles. The van der Waals surface area contributed by atoms with Gasteiger partial charge in [0.2, 0.25) is 0 Å². The fourth-order valence-electron chi connectivity index (χ4n) is 2.56. The standard InChI is InChI=1S/C17H22N2O2/c1-11-5-7-14(12(2)9-11)17(19-18)15-10-13(20-3)6-8-16(15)21-4/h5-10,17,19H,18H2,1-4H3. The lowest BCUT2D eigenvalue weighted by Crippen LogP contribution is -2.29. The van der Waals surface area contributed by atoms with Crippen LogP contribution in [0.5, 0.6) is 11.5 Å². The van der Waals surface area contributed by atoms with Crippen LogP contribution in [0.2, 0.25) is 0 Å². The summed E-state index contributed by atoms with van der Waals surface area (Å²) in [6.07, 6.45) is 0. The lowest BCUT2D eigenvalue weighted by Gasteiger charge is -2.22. The molecular weight excluding hydrogens is 264 g/mol. The molecule has 112 valence electrons. The molecular formula is C17H22N2O2. The van der Waals surface area contributed by atoms with Gasteiger partial charge in [-0.1, -0.05) is 23.8 Å². The smallest absolute Gasteiger partial charge is 0.124 e. The molecule has 3 N–H and O–H groups in total. The zero-order valence-electron chi connectivity index (χ0n) is 12.9. The fourth-order valence-corrected chi connectivity index (χ4v) is 2.56. The molecule has 0 aromatic heterocycles. The number of benzene rings is 2. The molecule has 0 radical (unpaired) electrons. The van der Waals surface area contributed by atoms with Gasteiger partial charge in [-0.25, -0.2) is 5.43 Å². The fraction of sp³-hybridized carbons (Fsp3) is 0.294. The number of hydrogen-bond donors (Lipinski definition) is 2. The highest BCUT2D eigenvalue weighted by molar-refractivity contribution is 5.48. The van der Waals surface area contributed by atoms with Crippen LogP contribution in [-0.4, -0.2) is 14.2 Å². The minimum atomic E-state index is -0.157. The maximum atomic E-state index is 5.81. The van der Waals surface area contributed by atoms with E-state index in [0.29, 0.717) is 0 Å². The van der Waals surface area contributed by atoms with Crippen LogP contribution >= 0.6 is 0 Å². The lowest BCUT2D eigenvalue weighted by atomic mass is 9.93. The molecule has 0 aliphatic heterocycles. The summed E-state index contributed by atoms with van der Waals surface area (Å²) in [6.45, 7) is 4.16. The quantitative estimate of drug-likeness (QED) is 0.655. The SMILES string of the molecule is COc1ccc(OC)c(C(NN)c2ccc(C)cc2C)c1. The van der Waals surface area contributed by atoms with Crippen molar-refractivity contribution in [1.82, 2.24) is 5.43 Å². The number of nitrogens with two attached hydrogens (primary N) is 1. The first-order valence-electron chi connectivity index (χ1n) is 6.86. The molecule has 21 heavy (non-hydrogen) atoms. The van der Waals surface area contributed by atoms with Crippen molar-refractivity contribution in [2.24, 2.45) is 5.84 Å². The Balaban J connectivity index is 2.54. The van der Waals surface area contributed by atoms with E-state index in [1.807, 2.05) is 18.2 Å². The van der Waals surface area contributed by atoms with Gasteiger partial charge in [-0.15, -0.1) is 0 Å². The van der Waals surface area contributed by atoms with E-state index in [-0.39, 0.29) is 6.04 Å². The highest BCUT2D eigenvalue weighted by atomic mass is 16.5. The maximum Gasteiger partial charge on any atom is 0.124 e. The second-order valence-corrected chi connectivity index (χ2v) is 5.07. The van der Waals surface area contributed by atoms with Crippen LogP contribution in [0.1, 0.15) is 28.3 Å². The third-order valence-corrected chi connectivity index (χ3v) is 3.65. The molecule has 0 spiro atoms. The summed E-state index contributed by atoms with van der Waals surface area (Å²) in [7, 11) is 3.30. The van der Waals surface area contributed by atoms with Gasteiger partial charge in [-0.05, 0) is 43.2 Å². The summed E-state index contributed by atoms with van der Waals surface area (Å²) in [4.78, 5) is 0. The molecule has 0 heterocycles. The zero-order valence-corrected chi connectivity index (χ0v) is 12.9. The number of hydrogen-bond acceptors (Lipinski definition) is 4. The monoisotopic (exact) mass is 286 g/mol. The Hall–Kier alpha value is -2.04. The van der Waals surface area contributed by atoms with E-state index >= 15 is 0 Å². The number of rotatable bonds is 5. The van der Waals surface area contributed by atoms with Crippen molar-refractivity contribution in [3.63, 3.8) is 0 Å². The highest BCUT2D eigenvalue weighted by Gasteiger charge is 2.19. The Morgan fingerprint density at radius 2 is 1.71 bits per heavy atom. The summed E-state index contributed by atoms with van der Waals surface area (Å²) in [5, 5.41) is 0. The molecule has 0 fully saturated rings. The summed E-state index contributed by atoms with van der Waals surface area (Å²) < 4.78 is 10.8. The molecule has 1 unspecified atom stereocenters. The number of methoxy groups -OCH3 is 2. The van der Waals surface area contributed by atoms with E-state index in [9.17, 15) is 0 Å². The van der Waals surface area contributed by atoms with E-state index in [4.69, 9.17) is 15.3 Å². The topological polar surface area (TPSA) is 56.5 Å². The van der Waals surface area contributed by atoms with Crippen LogP contribution in [0.4, 0.5) is 0 Å². The molecule has 0 saturated heterocycles. The molecule has 0 aliphatic carbocycles. The van der Waals surface area contributed by atoms with Crippen molar-refractivity contribution < 1.29 is 9.47 Å². The van der Waals surface area contributed by atoms with Crippen LogP contribution < -0.4 is 20.7 Å². The van der Waals surface area contributed by atoms with E-state index < -0.39 is 0 Å². The first-order valence-corrected chi connectivity index (χ1v) is 6.86. The predicted octanol–water partition coefficient (Wildman–Crippen LogP) is 2.87. The van der Waals surface area contributed by atoms with Gasteiger partial charge in [0.15, 0.2) is 0 Å². The summed E-state index contributed by atoms with van der Waals surface area (Å²) >= 11 is 0. The Kier molecular flexibility index (Phi) is 4.83. The Morgan fingerprint density at radius 1 is 0.952 bits per heavy atom. The summed E-state index contributed by atoms with van der Waals surface area (Å²) in [5.41, 5.74) is 7.37. The van der Waals surface area contributed by atoms with Crippen molar-refractivity contribution in [3.8, 4) is 11.5 Å². The number of aryl methyl sites for hydroxylation is 2. The lowest BCUT2D eigenvalue weighted by molar-refractivity contribution is 0.394. The van der Waals surface area contributed by atoms with Crippen LogP contribution in [0, 0.1) is 13.8 Å². The third-order valence-electron chi connectivity index (χ3n) is 3.65. The molecule has 4 nitrogen and oxygen atoms in total. The number of hydrazine groups is 1. The van der Waals surface area contributed by atoms with Crippen molar-refractivity contribution >= 4 is 0 Å². The van der Waals surface area contributed by atoms with Gasteiger partial charge in [-0.2, -0.15) is 0 Å². The van der Waals surface area contributed by atoms with Gasteiger partial charge in [-0.3, -0.25) is 5.84 Å². The van der Waals surface area contributed by atoms with Crippen molar-refractivity contribution in [1.29, 1.82) is 0 Å². The van der Waals surface area contributed by atoms with Crippen molar-refractivity contribution in [2.45, 2.75) is 19.9 Å². The van der Waals surface area contributed by atoms with Gasteiger partial charge >= 0.3 is 0 Å². The van der Waals surface area contributed by atoms with Crippen LogP contribution in [0.3, 0.4) is 0 Å².